The molecule has 8 heteroatoms. The molecule has 44 heavy (non-hydrogen) atoms. The van der Waals surface area contributed by atoms with E-state index in [9.17, 15) is 22.8 Å². The molecule has 236 valence electrons. The zero-order valence-electron chi connectivity index (χ0n) is 25.7. The average molecular weight is 609 g/mol. The summed E-state index contributed by atoms with van der Waals surface area (Å²) in [5, 5.41) is 3.15. The number of hydrogen-bond donors (Lipinski definition) is 1. The largest absolute Gasteiger partial charge is 0.466 e. The molecule has 0 bridgehead atoms. The van der Waals surface area contributed by atoms with Crippen molar-refractivity contribution in [2.45, 2.75) is 76.4 Å². The molecule has 1 atom stereocenters. The summed E-state index contributed by atoms with van der Waals surface area (Å²) < 4.78 is 44.5. The van der Waals surface area contributed by atoms with Gasteiger partial charge in [0.2, 0.25) is 0 Å². The predicted molar refractivity (Wildman–Crippen MR) is 167 cm³/mol. The summed E-state index contributed by atoms with van der Waals surface area (Å²) in [5.41, 5.74) is 1.73. The number of rotatable bonds is 13. The van der Waals surface area contributed by atoms with E-state index in [-0.39, 0.29) is 23.3 Å². The minimum Gasteiger partial charge on any atom is -0.466 e. The first-order valence-electron chi connectivity index (χ1n) is 15.6. The van der Waals surface area contributed by atoms with E-state index in [2.05, 4.69) is 36.2 Å². The van der Waals surface area contributed by atoms with Gasteiger partial charge < -0.3 is 15.0 Å². The van der Waals surface area contributed by atoms with Gasteiger partial charge in [-0.15, -0.1) is 0 Å². The Balaban J connectivity index is 1.29. The van der Waals surface area contributed by atoms with Crippen LogP contribution in [-0.4, -0.2) is 49.1 Å². The van der Waals surface area contributed by atoms with E-state index >= 15 is 0 Å². The number of ether oxygens (including phenoxy) is 1. The van der Waals surface area contributed by atoms with Gasteiger partial charge >= 0.3 is 12.1 Å². The smallest absolute Gasteiger partial charge is 0.416 e. The summed E-state index contributed by atoms with van der Waals surface area (Å²) in [5.74, 6) is -0.371. The van der Waals surface area contributed by atoms with Crippen LogP contribution in [0.2, 0.25) is 0 Å². The van der Waals surface area contributed by atoms with Crippen LogP contribution >= 0.6 is 0 Å². The van der Waals surface area contributed by atoms with Crippen LogP contribution in [0, 0.1) is 0 Å². The number of nitrogens with zero attached hydrogens (tertiary/aromatic N) is 1. The maximum Gasteiger partial charge on any atom is 0.416 e. The van der Waals surface area contributed by atoms with Crippen LogP contribution in [0.3, 0.4) is 0 Å². The molecule has 0 aromatic heterocycles. The van der Waals surface area contributed by atoms with E-state index in [0.717, 1.165) is 75.9 Å². The average Bonchev–Trinajstić information content (AvgIpc) is 3.02. The van der Waals surface area contributed by atoms with E-state index in [0.29, 0.717) is 29.7 Å². The van der Waals surface area contributed by atoms with Crippen molar-refractivity contribution in [3.05, 3.63) is 95.6 Å². The molecule has 1 fully saturated rings. The molecule has 1 unspecified atom stereocenters. The van der Waals surface area contributed by atoms with Crippen molar-refractivity contribution >= 4 is 11.9 Å². The fourth-order valence-corrected chi connectivity index (χ4v) is 5.90. The highest BCUT2D eigenvalue weighted by Crippen LogP contribution is 2.34. The zero-order chi connectivity index (χ0) is 31.6. The molecular weight excluding hydrogens is 565 g/mol. The van der Waals surface area contributed by atoms with Crippen molar-refractivity contribution in [1.82, 2.24) is 10.2 Å². The maximum absolute atomic E-state index is 13.3. The third kappa shape index (κ3) is 9.18. The Labute approximate surface area is 258 Å². The van der Waals surface area contributed by atoms with Crippen molar-refractivity contribution in [2.24, 2.45) is 0 Å². The maximum atomic E-state index is 13.3. The van der Waals surface area contributed by atoms with E-state index in [1.54, 1.807) is 24.3 Å². The lowest BCUT2D eigenvalue weighted by atomic mass is 9.76. The van der Waals surface area contributed by atoms with Gasteiger partial charge in [0.1, 0.15) is 0 Å². The van der Waals surface area contributed by atoms with Gasteiger partial charge in [-0.2, -0.15) is 13.2 Å². The van der Waals surface area contributed by atoms with Crippen molar-refractivity contribution in [2.75, 3.05) is 26.2 Å². The predicted octanol–water partition coefficient (Wildman–Crippen LogP) is 8.04. The molecule has 4 rings (SSSR count). The van der Waals surface area contributed by atoms with Crippen LogP contribution in [0.1, 0.15) is 80.3 Å². The second kappa shape index (κ2) is 15.4. The third-order valence-electron chi connectivity index (χ3n) is 8.59. The Kier molecular flexibility index (Phi) is 11.6. The Morgan fingerprint density at radius 2 is 1.55 bits per heavy atom. The number of carbonyl (C=O) groups excluding carboxylic acids is 2. The normalized spacial score (nSPS) is 15.8. The number of alkyl halides is 3. The minimum absolute atomic E-state index is 0.0203. The van der Waals surface area contributed by atoms with Crippen molar-refractivity contribution < 1.29 is 27.5 Å². The summed E-state index contributed by atoms with van der Waals surface area (Å²) >= 11 is 0. The van der Waals surface area contributed by atoms with Gasteiger partial charge in [-0.1, -0.05) is 80.9 Å². The summed E-state index contributed by atoms with van der Waals surface area (Å²) in [6, 6.07) is 22.1. The fraction of sp³-hybridized carbons (Fsp3) is 0.444. The number of unbranched alkanes of at least 4 members (excludes halogenated alkanes) is 1. The van der Waals surface area contributed by atoms with Crippen LogP contribution in [0.5, 0.6) is 0 Å². The quantitative estimate of drug-likeness (QED) is 0.158. The van der Waals surface area contributed by atoms with Crippen molar-refractivity contribution in [3.8, 4) is 11.1 Å². The van der Waals surface area contributed by atoms with E-state index in [1.165, 1.54) is 12.1 Å². The number of hydrogen-bond acceptors (Lipinski definition) is 4. The van der Waals surface area contributed by atoms with Crippen LogP contribution in [-0.2, 0) is 21.1 Å². The second-order valence-corrected chi connectivity index (χ2v) is 12.0. The molecule has 1 amide bonds. The van der Waals surface area contributed by atoms with E-state index in [4.69, 9.17) is 4.74 Å². The van der Waals surface area contributed by atoms with E-state index in [1.807, 2.05) is 18.2 Å². The van der Waals surface area contributed by atoms with E-state index < -0.39 is 11.7 Å². The second-order valence-electron chi connectivity index (χ2n) is 12.0. The molecule has 1 saturated heterocycles. The van der Waals surface area contributed by atoms with Gasteiger partial charge in [-0.25, -0.2) is 0 Å². The molecule has 1 aliphatic rings. The summed E-state index contributed by atoms with van der Waals surface area (Å²) in [6.45, 7) is 7.30. The van der Waals surface area contributed by atoms with Crippen LogP contribution in [0.15, 0.2) is 78.9 Å². The lowest BCUT2D eigenvalue weighted by Gasteiger charge is -2.34. The number of esters is 1. The van der Waals surface area contributed by atoms with Crippen molar-refractivity contribution in [3.63, 3.8) is 0 Å². The van der Waals surface area contributed by atoms with Crippen LogP contribution < -0.4 is 5.32 Å². The standard InChI is InChI=1S/C36H43F3N2O3/c1-3-4-25-44-33(42)26-35(2,28-11-6-5-7-12-28)21-10-22-41-23-19-30(20-24-41)40-34(43)32-14-9-8-13-31(32)27-15-17-29(18-16-27)36(37,38)39/h5-9,11-18,30H,3-4,10,19-26H2,1-2H3,(H,40,43). The topological polar surface area (TPSA) is 58.6 Å². The molecule has 0 aliphatic carbocycles. The Hall–Kier alpha value is -3.65. The number of nitrogens with one attached hydrogen (secondary N) is 1. The first kappa shape index (κ1) is 33.2. The lowest BCUT2D eigenvalue weighted by molar-refractivity contribution is -0.145. The minimum atomic E-state index is -4.41. The third-order valence-corrected chi connectivity index (χ3v) is 8.59. The highest BCUT2D eigenvalue weighted by molar-refractivity contribution is 6.01. The molecule has 3 aromatic carbocycles. The number of piperidine rings is 1. The molecule has 1 N–H and O–H groups in total. The monoisotopic (exact) mass is 608 g/mol. The first-order chi connectivity index (χ1) is 21.1. The van der Waals surface area contributed by atoms with Crippen LogP contribution in [0.25, 0.3) is 11.1 Å². The fourth-order valence-electron chi connectivity index (χ4n) is 5.90. The molecule has 0 radical (unpaired) electrons. The van der Waals surface area contributed by atoms with Gasteiger partial charge in [0.15, 0.2) is 0 Å². The number of likely N-dealkylation sites (tertiary alicyclic amines) is 1. The lowest BCUT2D eigenvalue weighted by Crippen LogP contribution is -2.45. The molecule has 0 spiro atoms. The summed E-state index contributed by atoms with van der Waals surface area (Å²) in [6.07, 6.45) is 1.22. The number of carbonyl (C=O) groups is 2. The summed E-state index contributed by atoms with van der Waals surface area (Å²) in [7, 11) is 0. The SMILES string of the molecule is CCCCOC(=O)CC(C)(CCCN1CCC(NC(=O)c2ccccc2-c2ccc(C(F)(F)F)cc2)CC1)c1ccccc1. The number of benzene rings is 3. The molecular formula is C36H43F3N2O3. The summed E-state index contributed by atoms with van der Waals surface area (Å²) in [4.78, 5) is 28.3. The van der Waals surface area contributed by atoms with Gasteiger partial charge in [-0.05, 0) is 73.5 Å². The number of halogens is 3. The number of amides is 1. The Morgan fingerprint density at radius 1 is 0.886 bits per heavy atom. The molecule has 5 nitrogen and oxygen atoms in total. The molecule has 0 saturated carbocycles. The first-order valence-corrected chi connectivity index (χ1v) is 15.6. The van der Waals surface area contributed by atoms with Gasteiger partial charge in [0, 0.05) is 30.1 Å². The highest BCUT2D eigenvalue weighted by atomic mass is 19.4. The van der Waals surface area contributed by atoms with Gasteiger partial charge in [0.05, 0.1) is 18.6 Å². The van der Waals surface area contributed by atoms with Gasteiger partial charge in [-0.3, -0.25) is 9.59 Å². The zero-order valence-corrected chi connectivity index (χ0v) is 25.7. The Morgan fingerprint density at radius 3 is 2.20 bits per heavy atom. The van der Waals surface area contributed by atoms with Crippen molar-refractivity contribution in [1.29, 1.82) is 0 Å². The highest BCUT2D eigenvalue weighted by Gasteiger charge is 2.32. The van der Waals surface area contributed by atoms with Crippen LogP contribution in [0.4, 0.5) is 13.2 Å². The molecule has 3 aromatic rings. The van der Waals surface area contributed by atoms with Gasteiger partial charge in [0.25, 0.3) is 5.91 Å². The molecule has 1 heterocycles. The Bertz CT molecular complexity index is 1350. The molecule has 1 aliphatic heterocycles.